The van der Waals surface area contributed by atoms with E-state index >= 15 is 0 Å². The molecule has 1 amide bonds. The molecule has 0 aliphatic heterocycles. The van der Waals surface area contributed by atoms with Crippen LogP contribution in [0.1, 0.15) is 5.69 Å². The van der Waals surface area contributed by atoms with Gasteiger partial charge in [0.1, 0.15) is 11.5 Å². The maximum absolute atomic E-state index is 12.1. The largest absolute Gasteiger partial charge is 0.497 e. The summed E-state index contributed by atoms with van der Waals surface area (Å²) in [5.41, 5.74) is 1.43. The number of amides is 1. The Kier molecular flexibility index (Phi) is 4.29. The van der Waals surface area contributed by atoms with Crippen molar-refractivity contribution >= 4 is 34.0 Å². The molecule has 0 saturated heterocycles. The predicted molar refractivity (Wildman–Crippen MR) is 90.3 cm³/mol. The lowest BCUT2D eigenvalue weighted by atomic mass is 10.2. The Labute approximate surface area is 137 Å². The van der Waals surface area contributed by atoms with E-state index in [1.165, 1.54) is 6.08 Å². The van der Waals surface area contributed by atoms with Gasteiger partial charge in [-0.25, -0.2) is 4.98 Å². The lowest BCUT2D eigenvalue weighted by Gasteiger charge is -2.10. The highest BCUT2D eigenvalue weighted by molar-refractivity contribution is 7.15. The monoisotopic (exact) mass is 329 g/mol. The number of carbonyl (C=O) groups excluding carboxylic acids is 1. The van der Waals surface area contributed by atoms with Gasteiger partial charge < -0.3 is 14.8 Å². The number of imidazole rings is 1. The van der Waals surface area contributed by atoms with Gasteiger partial charge in [0.15, 0.2) is 4.96 Å². The van der Waals surface area contributed by atoms with Crippen molar-refractivity contribution in [1.29, 1.82) is 0 Å². The van der Waals surface area contributed by atoms with Gasteiger partial charge in [0.25, 0.3) is 0 Å². The van der Waals surface area contributed by atoms with Gasteiger partial charge in [-0.2, -0.15) is 0 Å². The van der Waals surface area contributed by atoms with Crippen LogP contribution in [0.25, 0.3) is 11.0 Å². The first-order valence-electron chi connectivity index (χ1n) is 6.83. The predicted octanol–water partition coefficient (Wildman–Crippen LogP) is 3.06. The number of benzene rings is 1. The number of thiazole rings is 1. The van der Waals surface area contributed by atoms with Crippen molar-refractivity contribution < 1.29 is 14.3 Å². The number of rotatable bonds is 5. The van der Waals surface area contributed by atoms with Crippen LogP contribution in [0, 0.1) is 0 Å². The SMILES string of the molecule is COc1ccc(NC(=O)/C=C/c2cnc3sccn23)c(OC)c1. The molecule has 2 heterocycles. The molecule has 0 saturated carbocycles. The molecule has 0 aliphatic carbocycles. The zero-order chi connectivity index (χ0) is 16.2. The normalized spacial score (nSPS) is 11.0. The Bertz CT molecular complexity index is 866. The second-order valence-corrected chi connectivity index (χ2v) is 5.50. The average Bonchev–Trinajstić information content (AvgIpc) is 3.17. The fourth-order valence-electron chi connectivity index (χ4n) is 2.11. The number of anilines is 1. The Morgan fingerprint density at radius 3 is 3.00 bits per heavy atom. The fraction of sp³-hybridized carbons (Fsp3) is 0.125. The number of nitrogens with one attached hydrogen (secondary N) is 1. The minimum Gasteiger partial charge on any atom is -0.497 e. The van der Waals surface area contributed by atoms with Crippen LogP contribution >= 0.6 is 11.3 Å². The van der Waals surface area contributed by atoms with Crippen molar-refractivity contribution in [2.75, 3.05) is 19.5 Å². The summed E-state index contributed by atoms with van der Waals surface area (Å²) < 4.78 is 12.3. The molecule has 0 atom stereocenters. The van der Waals surface area contributed by atoms with Gasteiger partial charge in [-0.05, 0) is 18.2 Å². The van der Waals surface area contributed by atoms with Crippen LogP contribution in [0.4, 0.5) is 5.69 Å². The summed E-state index contributed by atoms with van der Waals surface area (Å²) in [6.45, 7) is 0. The van der Waals surface area contributed by atoms with E-state index in [2.05, 4.69) is 10.3 Å². The highest BCUT2D eigenvalue weighted by Crippen LogP contribution is 2.29. The van der Waals surface area contributed by atoms with Crippen LogP contribution in [0.5, 0.6) is 11.5 Å². The molecule has 3 rings (SSSR count). The molecule has 0 radical (unpaired) electrons. The molecule has 6 nitrogen and oxygen atoms in total. The summed E-state index contributed by atoms with van der Waals surface area (Å²) in [6, 6.07) is 5.21. The van der Waals surface area contributed by atoms with Crippen molar-refractivity contribution in [1.82, 2.24) is 9.38 Å². The second kappa shape index (κ2) is 6.53. The number of hydrogen-bond acceptors (Lipinski definition) is 5. The number of fused-ring (bicyclic) bond motifs is 1. The van der Waals surface area contributed by atoms with E-state index in [1.807, 2.05) is 16.0 Å². The number of hydrogen-bond donors (Lipinski definition) is 1. The molecule has 0 bridgehead atoms. The summed E-state index contributed by atoms with van der Waals surface area (Å²) >= 11 is 1.54. The minimum absolute atomic E-state index is 0.251. The van der Waals surface area contributed by atoms with Crippen molar-refractivity contribution in [2.24, 2.45) is 0 Å². The zero-order valence-electron chi connectivity index (χ0n) is 12.6. The molecule has 0 fully saturated rings. The Balaban J connectivity index is 1.74. The molecule has 0 unspecified atom stereocenters. The van der Waals surface area contributed by atoms with Crippen LogP contribution in [-0.2, 0) is 4.79 Å². The van der Waals surface area contributed by atoms with Crippen LogP contribution in [0.15, 0.2) is 42.0 Å². The highest BCUT2D eigenvalue weighted by Gasteiger charge is 2.07. The summed E-state index contributed by atoms with van der Waals surface area (Å²) in [4.78, 5) is 17.2. The Morgan fingerprint density at radius 2 is 2.22 bits per heavy atom. The van der Waals surface area contributed by atoms with E-state index in [0.717, 1.165) is 10.7 Å². The molecular formula is C16H15N3O3S. The van der Waals surface area contributed by atoms with E-state index < -0.39 is 0 Å². The molecule has 118 valence electrons. The number of methoxy groups -OCH3 is 2. The first-order chi connectivity index (χ1) is 11.2. The summed E-state index contributed by atoms with van der Waals surface area (Å²) in [5.74, 6) is 0.948. The average molecular weight is 329 g/mol. The van der Waals surface area contributed by atoms with Gasteiger partial charge >= 0.3 is 0 Å². The number of ether oxygens (including phenoxy) is 2. The first-order valence-corrected chi connectivity index (χ1v) is 7.71. The molecule has 3 aromatic rings. The lowest BCUT2D eigenvalue weighted by Crippen LogP contribution is -2.09. The third kappa shape index (κ3) is 3.19. The van der Waals surface area contributed by atoms with Gasteiger partial charge in [0.05, 0.1) is 31.8 Å². The van der Waals surface area contributed by atoms with Gasteiger partial charge in [-0.1, -0.05) is 0 Å². The Hall–Kier alpha value is -2.80. The molecule has 1 aromatic carbocycles. The number of nitrogens with zero attached hydrogens (tertiary/aromatic N) is 2. The molecule has 7 heteroatoms. The third-order valence-electron chi connectivity index (χ3n) is 3.25. The van der Waals surface area contributed by atoms with Crippen LogP contribution in [0.2, 0.25) is 0 Å². The standard InChI is InChI=1S/C16H15N3O3S/c1-21-12-4-5-13(14(9-12)22-2)18-15(20)6-3-11-10-17-16-19(11)7-8-23-16/h3-10H,1-2H3,(H,18,20)/b6-3+. The summed E-state index contributed by atoms with van der Waals surface area (Å²) in [6.07, 6.45) is 6.82. The van der Waals surface area contributed by atoms with Gasteiger partial charge in [0, 0.05) is 23.7 Å². The highest BCUT2D eigenvalue weighted by atomic mass is 32.1. The van der Waals surface area contributed by atoms with Gasteiger partial charge in [-0.15, -0.1) is 11.3 Å². The van der Waals surface area contributed by atoms with E-state index in [9.17, 15) is 4.79 Å². The van der Waals surface area contributed by atoms with E-state index in [4.69, 9.17) is 9.47 Å². The smallest absolute Gasteiger partial charge is 0.248 e. The molecule has 2 aromatic heterocycles. The van der Waals surface area contributed by atoms with Crippen LogP contribution in [0.3, 0.4) is 0 Å². The van der Waals surface area contributed by atoms with E-state index in [-0.39, 0.29) is 5.91 Å². The van der Waals surface area contributed by atoms with Crippen molar-refractivity contribution in [3.8, 4) is 11.5 Å². The summed E-state index contributed by atoms with van der Waals surface area (Å²) in [5, 5.41) is 4.73. The Morgan fingerprint density at radius 1 is 1.35 bits per heavy atom. The van der Waals surface area contributed by atoms with Gasteiger partial charge in [-0.3, -0.25) is 9.20 Å². The quantitative estimate of drug-likeness (QED) is 0.731. The minimum atomic E-state index is -0.251. The molecule has 1 N–H and O–H groups in total. The lowest BCUT2D eigenvalue weighted by molar-refractivity contribution is -0.111. The van der Waals surface area contributed by atoms with Crippen LogP contribution < -0.4 is 14.8 Å². The molecule has 23 heavy (non-hydrogen) atoms. The molecule has 0 aliphatic rings. The molecular weight excluding hydrogens is 314 g/mol. The maximum atomic E-state index is 12.1. The van der Waals surface area contributed by atoms with Crippen molar-refractivity contribution in [3.63, 3.8) is 0 Å². The summed E-state index contributed by atoms with van der Waals surface area (Å²) in [7, 11) is 3.12. The fourth-order valence-corrected chi connectivity index (χ4v) is 2.80. The van der Waals surface area contributed by atoms with E-state index in [1.54, 1.807) is 56.0 Å². The van der Waals surface area contributed by atoms with Crippen molar-refractivity contribution in [2.45, 2.75) is 0 Å². The topological polar surface area (TPSA) is 64.9 Å². The first kappa shape index (κ1) is 15.1. The number of carbonyl (C=O) groups is 1. The zero-order valence-corrected chi connectivity index (χ0v) is 13.5. The second-order valence-electron chi connectivity index (χ2n) is 4.63. The van der Waals surface area contributed by atoms with Crippen molar-refractivity contribution in [3.05, 3.63) is 47.7 Å². The van der Waals surface area contributed by atoms with Gasteiger partial charge in [0.2, 0.25) is 5.91 Å². The van der Waals surface area contributed by atoms with Crippen LogP contribution in [-0.4, -0.2) is 29.5 Å². The molecule has 0 spiro atoms. The third-order valence-corrected chi connectivity index (χ3v) is 4.02. The van der Waals surface area contributed by atoms with E-state index in [0.29, 0.717) is 17.2 Å². The number of aromatic nitrogens is 2. The maximum Gasteiger partial charge on any atom is 0.248 e.